The summed E-state index contributed by atoms with van der Waals surface area (Å²) in [5.41, 5.74) is -1.67. The van der Waals surface area contributed by atoms with Gasteiger partial charge in [-0.25, -0.2) is 13.2 Å². The van der Waals surface area contributed by atoms with Crippen LogP contribution in [0.3, 0.4) is 0 Å². The smallest absolute Gasteiger partial charge is 0.349 e. The first-order valence-corrected chi connectivity index (χ1v) is 10.6. The Kier molecular flexibility index (Phi) is 6.43. The van der Waals surface area contributed by atoms with Crippen molar-refractivity contribution in [3.05, 3.63) is 23.1 Å². The highest BCUT2D eigenvalue weighted by atomic mass is 32.2. The normalized spacial score (nSPS) is 23.3. The summed E-state index contributed by atoms with van der Waals surface area (Å²) in [6.45, 7) is 14.2. The fraction of sp³-hybridized carbons (Fsp3) is 0.700. The lowest BCUT2D eigenvalue weighted by Gasteiger charge is -2.20. The number of hydrogen-bond acceptors (Lipinski definition) is 5. The van der Waals surface area contributed by atoms with E-state index < -0.39 is 49.5 Å². The number of ether oxygens (including phenoxy) is 1. The van der Waals surface area contributed by atoms with Crippen LogP contribution in [0.15, 0.2) is 23.1 Å². The maximum atomic E-state index is 12.8. The molecule has 0 spiro atoms. The van der Waals surface area contributed by atoms with Crippen molar-refractivity contribution in [1.29, 1.82) is 0 Å². The fourth-order valence-corrected chi connectivity index (χ4v) is 4.05. The molecule has 1 saturated carbocycles. The van der Waals surface area contributed by atoms with Crippen LogP contribution in [0, 0.1) is 22.7 Å². The minimum atomic E-state index is -3.96. The van der Waals surface area contributed by atoms with E-state index in [-0.39, 0.29) is 11.2 Å². The number of carboxylic acids is 1. The van der Waals surface area contributed by atoms with Crippen LogP contribution in [-0.2, 0) is 24.2 Å². The van der Waals surface area contributed by atoms with Gasteiger partial charge in [-0.05, 0) is 37.5 Å². The molecule has 0 aromatic rings. The Morgan fingerprint density at radius 3 is 2.00 bits per heavy atom. The van der Waals surface area contributed by atoms with Crippen LogP contribution in [0.4, 0.5) is 0 Å². The first kappa shape index (κ1) is 23.4. The zero-order valence-corrected chi connectivity index (χ0v) is 18.3. The van der Waals surface area contributed by atoms with E-state index in [1.807, 2.05) is 20.8 Å². The third-order valence-corrected chi connectivity index (χ3v) is 5.98. The summed E-state index contributed by atoms with van der Waals surface area (Å²) in [5.74, 6) is -3.57. The molecule has 1 rings (SSSR count). The zero-order chi connectivity index (χ0) is 21.4. The van der Waals surface area contributed by atoms with Gasteiger partial charge in [0.15, 0.2) is 9.84 Å². The second kappa shape index (κ2) is 7.41. The number of carboxylic acid groups (broad SMARTS) is 1. The second-order valence-corrected chi connectivity index (χ2v) is 11.7. The molecule has 0 aromatic carbocycles. The van der Waals surface area contributed by atoms with Gasteiger partial charge in [-0.3, -0.25) is 4.79 Å². The quantitative estimate of drug-likeness (QED) is 0.416. The van der Waals surface area contributed by atoms with Crippen LogP contribution in [0.1, 0.15) is 55.4 Å². The van der Waals surface area contributed by atoms with Crippen molar-refractivity contribution in [2.75, 3.05) is 5.75 Å². The van der Waals surface area contributed by atoms with Crippen LogP contribution < -0.4 is 0 Å². The van der Waals surface area contributed by atoms with Gasteiger partial charge in [-0.2, -0.15) is 0 Å². The van der Waals surface area contributed by atoms with E-state index in [4.69, 9.17) is 4.74 Å². The Labute approximate surface area is 162 Å². The van der Waals surface area contributed by atoms with Gasteiger partial charge in [0.25, 0.3) is 0 Å². The van der Waals surface area contributed by atoms with E-state index in [0.29, 0.717) is 0 Å². The molecule has 1 aliphatic carbocycles. The lowest BCUT2D eigenvalue weighted by atomic mass is 9.97. The van der Waals surface area contributed by atoms with Crippen molar-refractivity contribution in [3.63, 3.8) is 0 Å². The van der Waals surface area contributed by atoms with Crippen LogP contribution in [0.25, 0.3) is 0 Å². The minimum absolute atomic E-state index is 0.196. The molecule has 0 aliphatic heterocycles. The van der Waals surface area contributed by atoms with Crippen LogP contribution in [0.2, 0.25) is 0 Å². The molecule has 0 aromatic heterocycles. The number of carbonyl (C=O) groups excluding carboxylic acids is 1. The molecular weight excluding hydrogens is 368 g/mol. The monoisotopic (exact) mass is 400 g/mol. The number of rotatable bonds is 6. The average molecular weight is 401 g/mol. The Morgan fingerprint density at radius 2 is 1.63 bits per heavy atom. The Hall–Kier alpha value is -1.63. The van der Waals surface area contributed by atoms with Gasteiger partial charge in [0.05, 0.1) is 11.7 Å². The molecular formula is C20H32O6S. The molecule has 0 bridgehead atoms. The number of sulfone groups is 1. The highest BCUT2D eigenvalue weighted by molar-refractivity contribution is 7.96. The first-order chi connectivity index (χ1) is 11.9. The third-order valence-electron chi connectivity index (χ3n) is 4.38. The molecule has 1 fully saturated rings. The van der Waals surface area contributed by atoms with E-state index in [1.54, 1.807) is 40.7 Å². The van der Waals surface area contributed by atoms with E-state index in [2.05, 4.69) is 0 Å². The minimum Gasteiger partial charge on any atom is -0.481 e. The van der Waals surface area contributed by atoms with Gasteiger partial charge in [0.2, 0.25) is 0 Å². The van der Waals surface area contributed by atoms with Crippen LogP contribution in [0.5, 0.6) is 0 Å². The molecule has 0 heterocycles. The van der Waals surface area contributed by atoms with Gasteiger partial charge in [-0.15, -0.1) is 0 Å². The fourth-order valence-electron chi connectivity index (χ4n) is 2.87. The summed E-state index contributed by atoms with van der Waals surface area (Å²) in [5, 5.41) is 9.32. The molecule has 2 atom stereocenters. The maximum Gasteiger partial charge on any atom is 0.349 e. The number of carbonyl (C=O) groups is 2. The Balaban J connectivity index is 3.27. The summed E-state index contributed by atoms with van der Waals surface area (Å²) in [4.78, 5) is 23.5. The molecule has 27 heavy (non-hydrogen) atoms. The van der Waals surface area contributed by atoms with E-state index in [1.165, 1.54) is 12.2 Å². The predicted molar refractivity (Wildman–Crippen MR) is 105 cm³/mol. The van der Waals surface area contributed by atoms with Crippen molar-refractivity contribution >= 4 is 21.8 Å². The molecule has 1 aliphatic rings. The molecule has 0 saturated heterocycles. The van der Waals surface area contributed by atoms with Crippen molar-refractivity contribution in [1.82, 2.24) is 0 Å². The van der Waals surface area contributed by atoms with Gasteiger partial charge >= 0.3 is 11.9 Å². The molecule has 0 radical (unpaired) electrons. The molecule has 1 N–H and O–H groups in total. The lowest BCUT2D eigenvalue weighted by molar-refractivity contribution is -0.149. The molecule has 154 valence electrons. The second-order valence-electron chi connectivity index (χ2n) is 9.75. The number of allylic oxidation sites excluding steroid dienone is 2. The molecule has 2 unspecified atom stereocenters. The SMILES string of the molecule is CC(C)(C)C=CCS(=O)(=O)C(=CC1C(C(=O)O)C1(C)C)C(=O)OC(C)(C)C. The van der Waals surface area contributed by atoms with Gasteiger partial charge in [0, 0.05) is 0 Å². The molecule has 0 amide bonds. The number of aliphatic carboxylic acids is 1. The molecule has 7 heteroatoms. The summed E-state index contributed by atoms with van der Waals surface area (Å²) in [6, 6.07) is 0. The Morgan fingerprint density at radius 1 is 1.11 bits per heavy atom. The summed E-state index contributed by atoms with van der Waals surface area (Å²) < 4.78 is 30.9. The van der Waals surface area contributed by atoms with Gasteiger partial charge < -0.3 is 9.84 Å². The van der Waals surface area contributed by atoms with Crippen molar-refractivity contribution < 1.29 is 27.9 Å². The van der Waals surface area contributed by atoms with E-state index >= 15 is 0 Å². The average Bonchev–Trinajstić information content (AvgIpc) is 2.93. The zero-order valence-electron chi connectivity index (χ0n) is 17.5. The van der Waals surface area contributed by atoms with Crippen LogP contribution >= 0.6 is 0 Å². The number of hydrogen-bond donors (Lipinski definition) is 1. The van der Waals surface area contributed by atoms with Crippen molar-refractivity contribution in [2.45, 2.75) is 61.0 Å². The first-order valence-electron chi connectivity index (χ1n) is 8.97. The highest BCUT2D eigenvalue weighted by Gasteiger charge is 2.61. The maximum absolute atomic E-state index is 12.8. The van der Waals surface area contributed by atoms with Crippen molar-refractivity contribution in [2.24, 2.45) is 22.7 Å². The summed E-state index contributed by atoms with van der Waals surface area (Å²) in [6.07, 6.45) is 4.55. The topological polar surface area (TPSA) is 97.7 Å². The predicted octanol–water partition coefficient (Wildman–Crippen LogP) is 3.59. The van der Waals surface area contributed by atoms with Gasteiger partial charge in [0.1, 0.15) is 10.5 Å². The lowest BCUT2D eigenvalue weighted by Crippen LogP contribution is -2.28. The molecule has 6 nitrogen and oxygen atoms in total. The summed E-state index contributed by atoms with van der Waals surface area (Å²) in [7, 11) is -3.96. The largest absolute Gasteiger partial charge is 0.481 e. The van der Waals surface area contributed by atoms with Crippen molar-refractivity contribution in [3.8, 4) is 0 Å². The van der Waals surface area contributed by atoms with Crippen LogP contribution in [-0.4, -0.2) is 36.8 Å². The highest BCUT2D eigenvalue weighted by Crippen LogP contribution is 2.59. The standard InChI is InChI=1S/C20H32O6S/c1-18(2,3)10-9-11-27(24,25)14(17(23)26-19(4,5)6)12-13-15(16(21)22)20(13,7)8/h9-10,12-13,15H,11H2,1-8H3,(H,21,22). The number of esters is 1. The van der Waals surface area contributed by atoms with Gasteiger partial charge in [-0.1, -0.05) is 52.8 Å². The Bertz CT molecular complexity index is 757. The third kappa shape index (κ3) is 6.48. The van der Waals surface area contributed by atoms with E-state index in [9.17, 15) is 23.1 Å². The summed E-state index contributed by atoms with van der Waals surface area (Å²) >= 11 is 0. The van der Waals surface area contributed by atoms with E-state index in [0.717, 1.165) is 0 Å².